The van der Waals surface area contributed by atoms with Crippen LogP contribution in [-0.2, 0) is 6.42 Å². The van der Waals surface area contributed by atoms with E-state index in [2.05, 4.69) is 4.98 Å². The SMILES string of the molecule is O=C(CCc1ccncc1)c1cccc2ccccc12. The van der Waals surface area contributed by atoms with Crippen molar-refractivity contribution in [1.29, 1.82) is 0 Å². The number of benzene rings is 2. The molecule has 0 aliphatic heterocycles. The van der Waals surface area contributed by atoms with Crippen LogP contribution < -0.4 is 0 Å². The highest BCUT2D eigenvalue weighted by molar-refractivity contribution is 6.08. The lowest BCUT2D eigenvalue weighted by Gasteiger charge is -2.06. The Morgan fingerprint density at radius 2 is 1.65 bits per heavy atom. The lowest BCUT2D eigenvalue weighted by atomic mass is 9.98. The molecule has 1 aromatic heterocycles. The van der Waals surface area contributed by atoms with Crippen LogP contribution in [0.5, 0.6) is 0 Å². The Kier molecular flexibility index (Phi) is 3.55. The Labute approximate surface area is 118 Å². The highest BCUT2D eigenvalue weighted by atomic mass is 16.1. The number of Topliss-reactive ketones (excluding diaryl/α,β-unsaturated/α-hetero) is 1. The van der Waals surface area contributed by atoms with Gasteiger partial charge >= 0.3 is 0 Å². The Bertz CT molecular complexity index is 729. The number of ketones is 1. The molecule has 20 heavy (non-hydrogen) atoms. The summed E-state index contributed by atoms with van der Waals surface area (Å²) in [5.74, 6) is 0.193. The molecule has 1 heterocycles. The zero-order chi connectivity index (χ0) is 13.8. The van der Waals surface area contributed by atoms with Gasteiger partial charge in [-0.15, -0.1) is 0 Å². The average molecular weight is 261 g/mol. The van der Waals surface area contributed by atoms with E-state index in [0.29, 0.717) is 6.42 Å². The summed E-state index contributed by atoms with van der Waals surface area (Å²) in [5, 5.41) is 2.15. The molecule has 98 valence electrons. The van der Waals surface area contributed by atoms with Crippen molar-refractivity contribution in [2.75, 3.05) is 0 Å². The van der Waals surface area contributed by atoms with Gasteiger partial charge in [0.15, 0.2) is 5.78 Å². The van der Waals surface area contributed by atoms with Crippen molar-refractivity contribution in [3.05, 3.63) is 78.1 Å². The fraction of sp³-hybridized carbons (Fsp3) is 0.111. The normalized spacial score (nSPS) is 10.6. The van der Waals surface area contributed by atoms with Gasteiger partial charge in [-0.1, -0.05) is 42.5 Å². The molecular weight excluding hydrogens is 246 g/mol. The van der Waals surface area contributed by atoms with Crippen LogP contribution in [0.25, 0.3) is 10.8 Å². The molecule has 0 bridgehead atoms. The van der Waals surface area contributed by atoms with E-state index >= 15 is 0 Å². The van der Waals surface area contributed by atoms with E-state index in [1.807, 2.05) is 54.6 Å². The highest BCUT2D eigenvalue weighted by Gasteiger charge is 2.09. The van der Waals surface area contributed by atoms with Crippen molar-refractivity contribution >= 4 is 16.6 Å². The standard InChI is InChI=1S/C18H15NO/c20-18(9-8-14-10-12-19-13-11-14)17-7-3-5-15-4-1-2-6-16(15)17/h1-7,10-13H,8-9H2. The maximum atomic E-state index is 12.4. The summed E-state index contributed by atoms with van der Waals surface area (Å²) in [5.41, 5.74) is 1.96. The zero-order valence-corrected chi connectivity index (χ0v) is 11.1. The fourth-order valence-corrected chi connectivity index (χ4v) is 2.41. The zero-order valence-electron chi connectivity index (χ0n) is 11.1. The first kappa shape index (κ1) is 12.5. The van der Waals surface area contributed by atoms with Crippen LogP contribution in [0, 0.1) is 0 Å². The molecule has 0 amide bonds. The maximum Gasteiger partial charge on any atom is 0.163 e. The van der Waals surface area contributed by atoms with Gasteiger partial charge in [-0.2, -0.15) is 0 Å². The third-order valence-corrected chi connectivity index (χ3v) is 3.48. The number of rotatable bonds is 4. The van der Waals surface area contributed by atoms with Gasteiger partial charge in [0.25, 0.3) is 0 Å². The number of carbonyl (C=O) groups excluding carboxylic acids is 1. The van der Waals surface area contributed by atoms with Crippen LogP contribution >= 0.6 is 0 Å². The van der Waals surface area contributed by atoms with E-state index in [-0.39, 0.29) is 5.78 Å². The number of aryl methyl sites for hydroxylation is 1. The molecule has 0 saturated carbocycles. The van der Waals surface area contributed by atoms with Crippen molar-refractivity contribution in [3.63, 3.8) is 0 Å². The van der Waals surface area contributed by atoms with Gasteiger partial charge < -0.3 is 0 Å². The molecule has 2 heteroatoms. The average Bonchev–Trinajstić information content (AvgIpc) is 2.53. The predicted molar refractivity (Wildman–Crippen MR) is 80.8 cm³/mol. The molecule has 3 rings (SSSR count). The minimum atomic E-state index is 0.193. The van der Waals surface area contributed by atoms with E-state index in [1.54, 1.807) is 12.4 Å². The summed E-state index contributed by atoms with van der Waals surface area (Å²) in [7, 11) is 0. The van der Waals surface area contributed by atoms with E-state index in [1.165, 1.54) is 0 Å². The second-order valence-electron chi connectivity index (χ2n) is 4.81. The molecule has 2 nitrogen and oxygen atoms in total. The minimum absolute atomic E-state index is 0.193. The second-order valence-corrected chi connectivity index (χ2v) is 4.81. The van der Waals surface area contributed by atoms with Gasteiger partial charge in [-0.3, -0.25) is 9.78 Å². The highest BCUT2D eigenvalue weighted by Crippen LogP contribution is 2.20. The van der Waals surface area contributed by atoms with Gasteiger partial charge in [-0.25, -0.2) is 0 Å². The number of carbonyl (C=O) groups is 1. The molecule has 0 aliphatic carbocycles. The predicted octanol–water partition coefficient (Wildman–Crippen LogP) is 4.05. The topological polar surface area (TPSA) is 30.0 Å². The number of hydrogen-bond acceptors (Lipinski definition) is 2. The Morgan fingerprint density at radius 1 is 0.900 bits per heavy atom. The van der Waals surface area contributed by atoms with E-state index in [0.717, 1.165) is 28.3 Å². The number of aromatic nitrogens is 1. The van der Waals surface area contributed by atoms with Crippen LogP contribution in [0.4, 0.5) is 0 Å². The lowest BCUT2D eigenvalue weighted by Crippen LogP contribution is -2.02. The van der Waals surface area contributed by atoms with Crippen molar-refractivity contribution in [3.8, 4) is 0 Å². The molecule has 0 unspecified atom stereocenters. The van der Waals surface area contributed by atoms with Crippen LogP contribution in [0.3, 0.4) is 0 Å². The number of nitrogens with zero attached hydrogens (tertiary/aromatic N) is 1. The molecule has 3 aromatic rings. The maximum absolute atomic E-state index is 12.4. The summed E-state index contributed by atoms with van der Waals surface area (Å²) < 4.78 is 0. The van der Waals surface area contributed by atoms with Gasteiger partial charge in [0.1, 0.15) is 0 Å². The molecule has 0 saturated heterocycles. The quantitative estimate of drug-likeness (QED) is 0.663. The summed E-state index contributed by atoms with van der Waals surface area (Å²) in [6, 6.07) is 17.8. The van der Waals surface area contributed by atoms with Crippen LogP contribution in [0.2, 0.25) is 0 Å². The molecule has 2 aromatic carbocycles. The van der Waals surface area contributed by atoms with Gasteiger partial charge in [0, 0.05) is 24.4 Å². The molecule has 0 spiro atoms. The van der Waals surface area contributed by atoms with Gasteiger partial charge in [-0.05, 0) is 34.9 Å². The smallest absolute Gasteiger partial charge is 0.163 e. The van der Waals surface area contributed by atoms with Crippen molar-refractivity contribution in [2.24, 2.45) is 0 Å². The first-order valence-electron chi connectivity index (χ1n) is 6.74. The van der Waals surface area contributed by atoms with Crippen molar-refractivity contribution < 1.29 is 4.79 Å². The first-order chi connectivity index (χ1) is 9.84. The molecule has 0 atom stereocenters. The molecule has 0 fully saturated rings. The lowest BCUT2D eigenvalue weighted by molar-refractivity contribution is 0.0984. The van der Waals surface area contributed by atoms with E-state index < -0.39 is 0 Å². The number of fused-ring (bicyclic) bond motifs is 1. The second kappa shape index (κ2) is 5.66. The number of pyridine rings is 1. The summed E-state index contributed by atoms with van der Waals surface area (Å²) in [6.45, 7) is 0. The minimum Gasteiger partial charge on any atom is -0.294 e. The third-order valence-electron chi connectivity index (χ3n) is 3.48. The molecule has 0 aliphatic rings. The van der Waals surface area contributed by atoms with Crippen LogP contribution in [0.15, 0.2) is 67.0 Å². The van der Waals surface area contributed by atoms with E-state index in [9.17, 15) is 4.79 Å². The fourth-order valence-electron chi connectivity index (χ4n) is 2.41. The van der Waals surface area contributed by atoms with Crippen LogP contribution in [0.1, 0.15) is 22.3 Å². The molecular formula is C18H15NO. The van der Waals surface area contributed by atoms with Crippen molar-refractivity contribution in [1.82, 2.24) is 4.98 Å². The Hall–Kier alpha value is -2.48. The number of hydrogen-bond donors (Lipinski definition) is 0. The van der Waals surface area contributed by atoms with Crippen LogP contribution in [-0.4, -0.2) is 10.8 Å². The third kappa shape index (κ3) is 2.59. The van der Waals surface area contributed by atoms with Crippen molar-refractivity contribution in [2.45, 2.75) is 12.8 Å². The Morgan fingerprint density at radius 3 is 2.50 bits per heavy atom. The van der Waals surface area contributed by atoms with Gasteiger partial charge in [0.05, 0.1) is 0 Å². The summed E-state index contributed by atoms with van der Waals surface area (Å²) in [4.78, 5) is 16.4. The Balaban J connectivity index is 1.82. The van der Waals surface area contributed by atoms with Gasteiger partial charge in [0.2, 0.25) is 0 Å². The first-order valence-corrected chi connectivity index (χ1v) is 6.74. The molecule has 0 N–H and O–H groups in total. The monoisotopic (exact) mass is 261 g/mol. The largest absolute Gasteiger partial charge is 0.294 e. The summed E-state index contributed by atoms with van der Waals surface area (Å²) in [6.07, 6.45) is 4.80. The molecule has 0 radical (unpaired) electrons. The summed E-state index contributed by atoms with van der Waals surface area (Å²) >= 11 is 0. The van der Waals surface area contributed by atoms with E-state index in [4.69, 9.17) is 0 Å².